The number of hydrogen-bond acceptors (Lipinski definition) is 7. The molecule has 0 aliphatic rings. The first-order chi connectivity index (χ1) is 13.9. The van der Waals surface area contributed by atoms with Crippen LogP contribution in [0.3, 0.4) is 0 Å². The minimum absolute atomic E-state index is 0.00764. The van der Waals surface area contributed by atoms with Crippen molar-refractivity contribution in [3.8, 4) is 0 Å². The molecule has 2 rings (SSSR count). The van der Waals surface area contributed by atoms with E-state index in [-0.39, 0.29) is 31.6 Å². The Hall–Kier alpha value is -2.71. The summed E-state index contributed by atoms with van der Waals surface area (Å²) < 4.78 is 10.0. The molecular formula is C21H26N2O5S. The first kappa shape index (κ1) is 22.6. The van der Waals surface area contributed by atoms with E-state index in [9.17, 15) is 14.4 Å². The molecule has 0 saturated heterocycles. The predicted molar refractivity (Wildman–Crippen MR) is 112 cm³/mol. The highest BCUT2D eigenvalue weighted by molar-refractivity contribution is 7.18. The minimum Gasteiger partial charge on any atom is -0.465 e. The predicted octanol–water partition coefficient (Wildman–Crippen LogP) is 3.24. The van der Waals surface area contributed by atoms with Crippen LogP contribution >= 0.6 is 11.3 Å². The van der Waals surface area contributed by atoms with Crippen molar-refractivity contribution in [2.75, 3.05) is 31.6 Å². The maximum atomic E-state index is 12.6. The number of anilines is 1. The van der Waals surface area contributed by atoms with Crippen LogP contribution in [0.25, 0.3) is 0 Å². The summed E-state index contributed by atoms with van der Waals surface area (Å²) in [6, 6.07) is 11.3. The first-order valence-electron chi connectivity index (χ1n) is 9.42. The number of nitrogens with zero attached hydrogens (tertiary/aromatic N) is 1. The summed E-state index contributed by atoms with van der Waals surface area (Å²) >= 11 is 1.17. The Balaban J connectivity index is 2.03. The fourth-order valence-corrected chi connectivity index (χ4v) is 3.70. The van der Waals surface area contributed by atoms with Crippen molar-refractivity contribution in [3.05, 3.63) is 52.4 Å². The summed E-state index contributed by atoms with van der Waals surface area (Å²) in [5.74, 6) is -1.06. The molecule has 1 N–H and O–H groups in total. The van der Waals surface area contributed by atoms with Crippen LogP contribution in [0.1, 0.15) is 34.6 Å². The third-order valence-corrected chi connectivity index (χ3v) is 5.05. The van der Waals surface area contributed by atoms with Crippen molar-refractivity contribution in [1.82, 2.24) is 4.90 Å². The third kappa shape index (κ3) is 7.32. The normalized spacial score (nSPS) is 10.6. The zero-order valence-electron chi connectivity index (χ0n) is 16.9. The number of benzene rings is 1. The second-order valence-electron chi connectivity index (χ2n) is 6.33. The summed E-state index contributed by atoms with van der Waals surface area (Å²) in [6.07, 6.45) is 0. The number of nitrogens with one attached hydrogen (secondary N) is 1. The maximum absolute atomic E-state index is 12.6. The third-order valence-electron chi connectivity index (χ3n) is 3.92. The number of esters is 2. The van der Waals surface area contributed by atoms with E-state index in [2.05, 4.69) is 5.32 Å². The number of aryl methyl sites for hydroxylation is 1. The van der Waals surface area contributed by atoms with Gasteiger partial charge in [-0.05, 0) is 38.0 Å². The van der Waals surface area contributed by atoms with E-state index >= 15 is 0 Å². The maximum Gasteiger partial charge on any atom is 0.348 e. The van der Waals surface area contributed by atoms with Gasteiger partial charge in [-0.15, -0.1) is 11.3 Å². The zero-order chi connectivity index (χ0) is 21.2. The fraction of sp³-hybridized carbons (Fsp3) is 0.381. The molecule has 1 heterocycles. The Morgan fingerprint density at radius 2 is 1.72 bits per heavy atom. The quantitative estimate of drug-likeness (QED) is 0.596. The largest absolute Gasteiger partial charge is 0.465 e. The molecule has 0 radical (unpaired) electrons. The smallest absolute Gasteiger partial charge is 0.348 e. The van der Waals surface area contributed by atoms with Crippen molar-refractivity contribution in [2.24, 2.45) is 0 Å². The van der Waals surface area contributed by atoms with E-state index in [0.717, 1.165) is 11.1 Å². The standard InChI is InChI=1S/C21H26N2O5S/c1-4-27-19(25)14-23(12-16-9-7-6-8-10-16)13-17(24)22-18-11-15(3)20(29-18)21(26)28-5-2/h6-11H,4-5,12-14H2,1-3H3,(H,22,24). The van der Waals surface area contributed by atoms with Gasteiger partial charge in [-0.2, -0.15) is 0 Å². The molecule has 0 aliphatic heterocycles. The lowest BCUT2D eigenvalue weighted by atomic mass is 10.2. The second-order valence-corrected chi connectivity index (χ2v) is 7.38. The molecule has 7 nitrogen and oxygen atoms in total. The van der Waals surface area contributed by atoms with E-state index in [4.69, 9.17) is 9.47 Å². The minimum atomic E-state index is -0.400. The van der Waals surface area contributed by atoms with Crippen LogP contribution in [0.15, 0.2) is 36.4 Å². The lowest BCUT2D eigenvalue weighted by Crippen LogP contribution is -2.37. The van der Waals surface area contributed by atoms with Crippen LogP contribution in [0, 0.1) is 6.92 Å². The van der Waals surface area contributed by atoms with Gasteiger partial charge < -0.3 is 14.8 Å². The van der Waals surface area contributed by atoms with Crippen molar-refractivity contribution in [2.45, 2.75) is 27.3 Å². The summed E-state index contributed by atoms with van der Waals surface area (Å²) in [4.78, 5) is 38.6. The Morgan fingerprint density at radius 3 is 2.38 bits per heavy atom. The van der Waals surface area contributed by atoms with Gasteiger partial charge in [-0.1, -0.05) is 30.3 Å². The van der Waals surface area contributed by atoms with E-state index < -0.39 is 5.97 Å². The summed E-state index contributed by atoms with van der Waals surface area (Å²) in [5.41, 5.74) is 1.73. The molecule has 1 amide bonds. The van der Waals surface area contributed by atoms with Gasteiger partial charge in [0.25, 0.3) is 0 Å². The van der Waals surface area contributed by atoms with Crippen molar-refractivity contribution in [1.29, 1.82) is 0 Å². The van der Waals surface area contributed by atoms with Crippen molar-refractivity contribution < 1.29 is 23.9 Å². The Morgan fingerprint density at radius 1 is 1.03 bits per heavy atom. The molecule has 29 heavy (non-hydrogen) atoms. The molecule has 0 bridgehead atoms. The zero-order valence-corrected chi connectivity index (χ0v) is 17.7. The number of amides is 1. The molecule has 0 spiro atoms. The summed E-state index contributed by atoms with van der Waals surface area (Å²) in [6.45, 7) is 6.31. The second kappa shape index (κ2) is 11.3. The number of thiophene rings is 1. The molecule has 156 valence electrons. The lowest BCUT2D eigenvalue weighted by molar-refractivity contribution is -0.144. The van der Waals surface area contributed by atoms with Gasteiger partial charge in [0.15, 0.2) is 0 Å². The SMILES string of the molecule is CCOC(=O)CN(CC(=O)Nc1cc(C)c(C(=O)OCC)s1)Cc1ccccc1. The van der Waals surface area contributed by atoms with Gasteiger partial charge in [0, 0.05) is 6.54 Å². The molecular weight excluding hydrogens is 392 g/mol. The average molecular weight is 419 g/mol. The number of hydrogen-bond donors (Lipinski definition) is 1. The number of carbonyl (C=O) groups excluding carboxylic acids is 3. The van der Waals surface area contributed by atoms with Crippen molar-refractivity contribution >= 4 is 34.2 Å². The molecule has 0 atom stereocenters. The van der Waals surface area contributed by atoms with Gasteiger partial charge >= 0.3 is 11.9 Å². The van der Waals surface area contributed by atoms with E-state index in [1.54, 1.807) is 31.7 Å². The topological polar surface area (TPSA) is 84.9 Å². The lowest BCUT2D eigenvalue weighted by Gasteiger charge is -2.20. The Bertz CT molecular complexity index is 835. The highest BCUT2D eigenvalue weighted by Crippen LogP contribution is 2.27. The molecule has 0 saturated carbocycles. The Kier molecular flexibility index (Phi) is 8.82. The van der Waals surface area contributed by atoms with Crippen LogP contribution in [0.2, 0.25) is 0 Å². The number of ether oxygens (including phenoxy) is 2. The molecule has 0 unspecified atom stereocenters. The van der Waals surface area contributed by atoms with Crippen LogP contribution in [-0.4, -0.2) is 49.0 Å². The Labute approximate surface area is 174 Å². The van der Waals surface area contributed by atoms with Crippen LogP contribution < -0.4 is 5.32 Å². The summed E-state index contributed by atoms with van der Waals surface area (Å²) in [5, 5.41) is 3.36. The monoisotopic (exact) mass is 418 g/mol. The molecule has 0 fully saturated rings. The highest BCUT2D eigenvalue weighted by Gasteiger charge is 2.19. The van der Waals surface area contributed by atoms with Crippen LogP contribution in [-0.2, 0) is 25.6 Å². The van der Waals surface area contributed by atoms with E-state index in [1.165, 1.54) is 11.3 Å². The van der Waals surface area contributed by atoms with E-state index in [0.29, 0.717) is 23.0 Å². The van der Waals surface area contributed by atoms with Gasteiger partial charge in [-0.25, -0.2) is 4.79 Å². The molecule has 0 aliphatic carbocycles. The average Bonchev–Trinajstić information content (AvgIpc) is 3.02. The van der Waals surface area contributed by atoms with Gasteiger partial charge in [0.05, 0.1) is 31.3 Å². The molecule has 8 heteroatoms. The van der Waals surface area contributed by atoms with Crippen LogP contribution in [0.4, 0.5) is 5.00 Å². The van der Waals surface area contributed by atoms with Crippen molar-refractivity contribution in [3.63, 3.8) is 0 Å². The molecule has 1 aromatic carbocycles. The van der Waals surface area contributed by atoms with Gasteiger partial charge in [-0.3, -0.25) is 14.5 Å². The molecule has 2 aromatic rings. The van der Waals surface area contributed by atoms with Gasteiger partial charge in [0.2, 0.25) is 5.91 Å². The fourth-order valence-electron chi connectivity index (χ4n) is 2.72. The van der Waals surface area contributed by atoms with Crippen LogP contribution in [0.5, 0.6) is 0 Å². The molecule has 1 aromatic heterocycles. The number of carbonyl (C=O) groups is 3. The van der Waals surface area contributed by atoms with E-state index in [1.807, 2.05) is 30.3 Å². The summed E-state index contributed by atoms with van der Waals surface area (Å²) in [7, 11) is 0. The highest BCUT2D eigenvalue weighted by atomic mass is 32.1. The number of rotatable bonds is 10. The first-order valence-corrected chi connectivity index (χ1v) is 10.2. The van der Waals surface area contributed by atoms with Gasteiger partial charge in [0.1, 0.15) is 4.88 Å².